The van der Waals surface area contributed by atoms with Crippen LogP contribution in [0.1, 0.15) is 44.0 Å². The second-order valence-corrected chi connectivity index (χ2v) is 6.24. The van der Waals surface area contributed by atoms with Gasteiger partial charge in [-0.3, -0.25) is 4.98 Å². The van der Waals surface area contributed by atoms with Crippen LogP contribution in [0, 0.1) is 6.92 Å². The molecule has 3 rings (SSSR count). The molecular weight excluding hydrogens is 278 g/mol. The van der Waals surface area contributed by atoms with Crippen molar-refractivity contribution in [1.82, 2.24) is 4.98 Å². The van der Waals surface area contributed by atoms with Crippen LogP contribution in [-0.2, 0) is 6.42 Å². The van der Waals surface area contributed by atoms with E-state index < -0.39 is 0 Å². The Morgan fingerprint density at radius 1 is 0.783 bits per heavy atom. The molecular formula is C22H25N. The number of hydrogen-bond acceptors (Lipinski definition) is 1. The molecule has 23 heavy (non-hydrogen) atoms. The maximum Gasteiger partial charge on any atom is 0.0491 e. The molecule has 2 aromatic carbocycles. The Kier molecular flexibility index (Phi) is 5.07. The van der Waals surface area contributed by atoms with E-state index in [1.807, 2.05) is 0 Å². The van der Waals surface area contributed by atoms with Crippen LogP contribution in [0.2, 0.25) is 0 Å². The van der Waals surface area contributed by atoms with Crippen LogP contribution in [0.4, 0.5) is 0 Å². The molecule has 1 aromatic heterocycles. The smallest absolute Gasteiger partial charge is 0.0491 e. The predicted molar refractivity (Wildman–Crippen MR) is 99.8 cm³/mol. The summed E-state index contributed by atoms with van der Waals surface area (Å²) in [5, 5.41) is 2.60. The molecule has 0 radical (unpaired) electrons. The number of benzene rings is 2. The van der Waals surface area contributed by atoms with E-state index >= 15 is 0 Å². The number of hydrogen-bond donors (Lipinski definition) is 0. The Hall–Kier alpha value is -2.15. The van der Waals surface area contributed by atoms with Crippen LogP contribution < -0.4 is 0 Å². The summed E-state index contributed by atoms with van der Waals surface area (Å²) in [4.78, 5) is 4.98. The molecule has 0 spiro atoms. The fourth-order valence-electron chi connectivity index (χ4n) is 3.32. The lowest BCUT2D eigenvalue weighted by molar-refractivity contribution is 0.661. The minimum atomic E-state index is 1.07. The van der Waals surface area contributed by atoms with Crippen LogP contribution in [0.3, 0.4) is 0 Å². The molecule has 0 bridgehead atoms. The highest BCUT2D eigenvalue weighted by atomic mass is 14.7. The fourth-order valence-corrected chi connectivity index (χ4v) is 3.32. The Balaban J connectivity index is 2.10. The van der Waals surface area contributed by atoms with Gasteiger partial charge in [0.2, 0.25) is 0 Å². The molecule has 0 atom stereocenters. The van der Waals surface area contributed by atoms with Crippen molar-refractivity contribution in [1.29, 1.82) is 0 Å². The molecule has 0 saturated carbocycles. The summed E-state index contributed by atoms with van der Waals surface area (Å²) in [7, 11) is 0. The molecule has 0 fully saturated rings. The summed E-state index contributed by atoms with van der Waals surface area (Å²) < 4.78 is 0. The van der Waals surface area contributed by atoms with Crippen LogP contribution in [-0.4, -0.2) is 4.98 Å². The number of nitrogens with zero attached hydrogens (tertiary/aromatic N) is 1. The largest absolute Gasteiger partial charge is 0.257 e. The second-order valence-electron chi connectivity index (χ2n) is 6.24. The first-order valence-electron chi connectivity index (χ1n) is 8.75. The van der Waals surface area contributed by atoms with Gasteiger partial charge in [0.25, 0.3) is 0 Å². The molecule has 0 aliphatic carbocycles. The van der Waals surface area contributed by atoms with Gasteiger partial charge in [0.15, 0.2) is 0 Å². The van der Waals surface area contributed by atoms with Gasteiger partial charge in [0.05, 0.1) is 0 Å². The van der Waals surface area contributed by atoms with Crippen LogP contribution in [0.25, 0.3) is 21.9 Å². The first-order chi connectivity index (χ1) is 11.3. The van der Waals surface area contributed by atoms with Gasteiger partial charge >= 0.3 is 0 Å². The minimum absolute atomic E-state index is 1.07. The first kappa shape index (κ1) is 15.7. The van der Waals surface area contributed by atoms with Gasteiger partial charge in [-0.25, -0.2) is 0 Å². The third-order valence-corrected chi connectivity index (χ3v) is 4.51. The van der Waals surface area contributed by atoms with Gasteiger partial charge in [0.1, 0.15) is 0 Å². The minimum Gasteiger partial charge on any atom is -0.257 e. The van der Waals surface area contributed by atoms with Crippen molar-refractivity contribution in [3.63, 3.8) is 0 Å². The van der Waals surface area contributed by atoms with E-state index in [-0.39, 0.29) is 0 Å². The van der Waals surface area contributed by atoms with Crippen molar-refractivity contribution in [3.8, 4) is 11.1 Å². The fraction of sp³-hybridized carbons (Fsp3) is 0.318. The Bertz CT molecular complexity index is 775. The molecule has 1 heteroatoms. The normalized spacial score (nSPS) is 11.0. The summed E-state index contributed by atoms with van der Waals surface area (Å²) in [6.07, 6.45) is 6.16. The molecule has 0 aliphatic heterocycles. The molecule has 0 amide bonds. The van der Waals surface area contributed by atoms with Gasteiger partial charge in [-0.15, -0.1) is 0 Å². The molecule has 0 saturated heterocycles. The summed E-state index contributed by atoms with van der Waals surface area (Å²) in [5.74, 6) is 0. The van der Waals surface area contributed by atoms with Crippen LogP contribution >= 0.6 is 0 Å². The van der Waals surface area contributed by atoms with Gasteiger partial charge in [-0.1, -0.05) is 80.8 Å². The van der Waals surface area contributed by atoms with E-state index in [1.165, 1.54) is 53.3 Å². The maximum absolute atomic E-state index is 4.98. The van der Waals surface area contributed by atoms with E-state index in [0.29, 0.717) is 0 Å². The van der Waals surface area contributed by atoms with E-state index in [0.717, 1.165) is 12.1 Å². The van der Waals surface area contributed by atoms with Crippen molar-refractivity contribution in [3.05, 3.63) is 66.0 Å². The molecule has 1 nitrogen and oxygen atoms in total. The van der Waals surface area contributed by atoms with Crippen molar-refractivity contribution in [2.45, 2.75) is 46.0 Å². The molecule has 1 heterocycles. The highest BCUT2D eigenvalue weighted by molar-refractivity contribution is 5.98. The second kappa shape index (κ2) is 7.41. The average molecular weight is 303 g/mol. The first-order valence-corrected chi connectivity index (χ1v) is 8.75. The summed E-state index contributed by atoms with van der Waals surface area (Å²) in [6, 6.07) is 19.4. The quantitative estimate of drug-likeness (QED) is 0.485. The number of fused-ring (bicyclic) bond motifs is 1. The lowest BCUT2D eigenvalue weighted by atomic mass is 9.94. The van der Waals surface area contributed by atoms with Gasteiger partial charge in [-0.2, -0.15) is 0 Å². The Morgan fingerprint density at radius 2 is 1.48 bits per heavy atom. The van der Waals surface area contributed by atoms with Gasteiger partial charge in [-0.05, 0) is 30.7 Å². The summed E-state index contributed by atoms with van der Waals surface area (Å²) in [6.45, 7) is 4.39. The predicted octanol–water partition coefficient (Wildman–Crippen LogP) is 6.33. The number of aryl methyl sites for hydroxylation is 2. The average Bonchev–Trinajstić information content (AvgIpc) is 2.60. The molecule has 0 aliphatic rings. The molecule has 0 N–H and O–H groups in total. The summed E-state index contributed by atoms with van der Waals surface area (Å²) in [5.41, 5.74) is 5.00. The van der Waals surface area contributed by atoms with Crippen molar-refractivity contribution >= 4 is 10.8 Å². The SMILES string of the molecule is CCCCCCc1nc(C)c2ccccc2c1-c1ccccc1. The zero-order valence-corrected chi connectivity index (χ0v) is 14.2. The Morgan fingerprint density at radius 3 is 2.22 bits per heavy atom. The highest BCUT2D eigenvalue weighted by Crippen LogP contribution is 2.33. The summed E-state index contributed by atoms with van der Waals surface area (Å²) >= 11 is 0. The lowest BCUT2D eigenvalue weighted by Crippen LogP contribution is -1.99. The topological polar surface area (TPSA) is 12.9 Å². The molecule has 118 valence electrons. The Labute approximate surface area is 139 Å². The number of aromatic nitrogens is 1. The van der Waals surface area contributed by atoms with Crippen molar-refractivity contribution in [2.24, 2.45) is 0 Å². The zero-order valence-electron chi connectivity index (χ0n) is 14.2. The van der Waals surface area contributed by atoms with E-state index in [1.54, 1.807) is 0 Å². The third-order valence-electron chi connectivity index (χ3n) is 4.51. The standard InChI is InChI=1S/C22H25N/c1-3-4-5-9-16-21-22(18-12-7-6-8-13-18)20-15-11-10-14-19(20)17(2)23-21/h6-8,10-15H,3-5,9,16H2,1-2H3. The zero-order chi connectivity index (χ0) is 16.1. The van der Waals surface area contributed by atoms with Crippen LogP contribution in [0.15, 0.2) is 54.6 Å². The number of unbranched alkanes of at least 4 members (excludes halogenated alkanes) is 3. The van der Waals surface area contributed by atoms with Gasteiger partial charge < -0.3 is 0 Å². The maximum atomic E-state index is 4.98. The van der Waals surface area contributed by atoms with Crippen molar-refractivity contribution in [2.75, 3.05) is 0 Å². The van der Waals surface area contributed by atoms with E-state index in [9.17, 15) is 0 Å². The third kappa shape index (κ3) is 3.44. The molecule has 0 unspecified atom stereocenters. The van der Waals surface area contributed by atoms with E-state index in [2.05, 4.69) is 68.4 Å². The van der Waals surface area contributed by atoms with Crippen LogP contribution in [0.5, 0.6) is 0 Å². The van der Waals surface area contributed by atoms with Crippen molar-refractivity contribution < 1.29 is 0 Å². The number of rotatable bonds is 6. The number of pyridine rings is 1. The molecule has 3 aromatic rings. The monoisotopic (exact) mass is 303 g/mol. The van der Waals surface area contributed by atoms with E-state index in [4.69, 9.17) is 4.98 Å². The highest BCUT2D eigenvalue weighted by Gasteiger charge is 2.13. The lowest BCUT2D eigenvalue weighted by Gasteiger charge is -2.15. The van der Waals surface area contributed by atoms with Gasteiger partial charge in [0, 0.05) is 22.3 Å².